The third-order valence-corrected chi connectivity index (χ3v) is 3.91. The van der Waals surface area contributed by atoms with E-state index >= 15 is 0 Å². The Morgan fingerprint density at radius 2 is 1.96 bits per heavy atom. The second kappa shape index (κ2) is 9.25. The van der Waals surface area contributed by atoms with E-state index in [1.807, 2.05) is 38.1 Å². The Bertz CT molecular complexity index is 870. The second-order valence-corrected chi connectivity index (χ2v) is 5.81. The SMILES string of the molecule is COc1ccc(C(C)NC(=O)/C(C#N)=C\Nc2ccc(C)nc2)cc1OC. The van der Waals surface area contributed by atoms with E-state index < -0.39 is 5.91 Å². The number of hydrogen-bond donors (Lipinski definition) is 2. The molecule has 2 N–H and O–H groups in total. The summed E-state index contributed by atoms with van der Waals surface area (Å²) in [5.41, 5.74) is 2.36. The lowest BCUT2D eigenvalue weighted by molar-refractivity contribution is -0.117. The molecule has 0 aliphatic carbocycles. The fourth-order valence-corrected chi connectivity index (χ4v) is 2.34. The first-order chi connectivity index (χ1) is 13.0. The van der Waals surface area contributed by atoms with Crippen molar-refractivity contribution >= 4 is 11.6 Å². The third kappa shape index (κ3) is 5.22. The van der Waals surface area contributed by atoms with Crippen LogP contribution in [-0.4, -0.2) is 25.1 Å². The molecule has 140 valence electrons. The molecular weight excluding hydrogens is 344 g/mol. The Kier molecular flexibility index (Phi) is 6.78. The predicted octanol–water partition coefficient (Wildman–Crippen LogP) is 3.10. The molecule has 1 aromatic carbocycles. The average Bonchev–Trinajstić information content (AvgIpc) is 2.69. The topological polar surface area (TPSA) is 96.3 Å². The molecule has 2 aromatic rings. The van der Waals surface area contributed by atoms with Crippen molar-refractivity contribution in [2.45, 2.75) is 19.9 Å². The number of hydrogen-bond acceptors (Lipinski definition) is 6. The minimum atomic E-state index is -0.479. The molecule has 0 aliphatic rings. The maximum Gasteiger partial charge on any atom is 0.263 e. The number of nitrogens with zero attached hydrogens (tertiary/aromatic N) is 2. The predicted molar refractivity (Wildman–Crippen MR) is 102 cm³/mol. The zero-order valence-electron chi connectivity index (χ0n) is 15.7. The molecule has 0 saturated heterocycles. The van der Waals surface area contributed by atoms with Crippen LogP contribution in [0.4, 0.5) is 5.69 Å². The van der Waals surface area contributed by atoms with E-state index in [9.17, 15) is 10.1 Å². The maximum absolute atomic E-state index is 12.4. The normalized spacial score (nSPS) is 11.9. The number of carbonyl (C=O) groups excluding carboxylic acids is 1. The highest BCUT2D eigenvalue weighted by Gasteiger charge is 2.15. The van der Waals surface area contributed by atoms with Crippen molar-refractivity contribution in [2.75, 3.05) is 19.5 Å². The molecule has 1 amide bonds. The van der Waals surface area contributed by atoms with Crippen molar-refractivity contribution in [1.29, 1.82) is 5.26 Å². The number of benzene rings is 1. The van der Waals surface area contributed by atoms with Gasteiger partial charge in [-0.05, 0) is 43.7 Å². The molecule has 1 unspecified atom stereocenters. The van der Waals surface area contributed by atoms with Crippen LogP contribution in [0.15, 0.2) is 48.3 Å². The zero-order valence-corrected chi connectivity index (χ0v) is 15.7. The molecule has 27 heavy (non-hydrogen) atoms. The summed E-state index contributed by atoms with van der Waals surface area (Å²) >= 11 is 0. The van der Waals surface area contributed by atoms with Crippen LogP contribution in [0, 0.1) is 18.3 Å². The molecule has 2 rings (SSSR count). The van der Waals surface area contributed by atoms with E-state index in [1.54, 1.807) is 32.5 Å². The van der Waals surface area contributed by atoms with Crippen molar-refractivity contribution < 1.29 is 14.3 Å². The molecule has 0 fully saturated rings. The maximum atomic E-state index is 12.4. The van der Waals surface area contributed by atoms with Crippen molar-refractivity contribution in [2.24, 2.45) is 0 Å². The highest BCUT2D eigenvalue weighted by molar-refractivity contribution is 5.97. The summed E-state index contributed by atoms with van der Waals surface area (Å²) in [7, 11) is 3.11. The molecular formula is C20H22N4O3. The smallest absolute Gasteiger partial charge is 0.263 e. The molecule has 7 nitrogen and oxygen atoms in total. The van der Waals surface area contributed by atoms with Crippen molar-refractivity contribution in [3.05, 3.63) is 59.6 Å². The molecule has 1 aromatic heterocycles. The van der Waals surface area contributed by atoms with Crippen LogP contribution in [0.5, 0.6) is 11.5 Å². The lowest BCUT2D eigenvalue weighted by Crippen LogP contribution is -2.28. The largest absolute Gasteiger partial charge is 0.493 e. The van der Waals surface area contributed by atoms with Gasteiger partial charge in [-0.25, -0.2) is 0 Å². The number of anilines is 1. The standard InChI is InChI=1S/C20H22N4O3/c1-13-5-7-17(12-22-13)23-11-16(10-21)20(25)24-14(2)15-6-8-18(26-3)19(9-15)27-4/h5-9,11-12,14,23H,1-4H3,(H,24,25)/b16-11-. The van der Waals surface area contributed by atoms with Gasteiger partial charge in [0.25, 0.3) is 5.91 Å². The van der Waals surface area contributed by atoms with E-state index in [1.165, 1.54) is 6.20 Å². The van der Waals surface area contributed by atoms with Crippen LogP contribution in [0.3, 0.4) is 0 Å². The molecule has 7 heteroatoms. The highest BCUT2D eigenvalue weighted by Crippen LogP contribution is 2.29. The number of nitriles is 1. The summed E-state index contributed by atoms with van der Waals surface area (Å²) in [4.78, 5) is 16.5. The number of methoxy groups -OCH3 is 2. The Balaban J connectivity index is 2.08. The van der Waals surface area contributed by atoms with Gasteiger partial charge in [0, 0.05) is 11.9 Å². The Labute approximate surface area is 158 Å². The van der Waals surface area contributed by atoms with Crippen LogP contribution < -0.4 is 20.1 Å². The van der Waals surface area contributed by atoms with Gasteiger partial charge in [-0.3, -0.25) is 9.78 Å². The van der Waals surface area contributed by atoms with Crippen LogP contribution in [0.1, 0.15) is 24.2 Å². The van der Waals surface area contributed by atoms with E-state index in [-0.39, 0.29) is 11.6 Å². The molecule has 1 atom stereocenters. The Morgan fingerprint density at radius 1 is 1.22 bits per heavy atom. The summed E-state index contributed by atoms with van der Waals surface area (Å²) in [6.07, 6.45) is 2.99. The van der Waals surface area contributed by atoms with Crippen LogP contribution in [-0.2, 0) is 4.79 Å². The molecule has 0 aliphatic heterocycles. The van der Waals surface area contributed by atoms with E-state index in [0.717, 1.165) is 11.3 Å². The Morgan fingerprint density at radius 3 is 2.56 bits per heavy atom. The fourth-order valence-electron chi connectivity index (χ4n) is 2.34. The van der Waals surface area contributed by atoms with Gasteiger partial charge in [-0.15, -0.1) is 0 Å². The summed E-state index contributed by atoms with van der Waals surface area (Å²) < 4.78 is 10.5. The number of carbonyl (C=O) groups is 1. The van der Waals surface area contributed by atoms with Gasteiger partial charge in [-0.1, -0.05) is 6.07 Å². The van der Waals surface area contributed by atoms with Gasteiger partial charge in [-0.2, -0.15) is 5.26 Å². The van der Waals surface area contributed by atoms with E-state index in [0.29, 0.717) is 17.2 Å². The van der Waals surface area contributed by atoms with Crippen molar-refractivity contribution in [3.63, 3.8) is 0 Å². The minimum Gasteiger partial charge on any atom is -0.493 e. The van der Waals surface area contributed by atoms with Crippen LogP contribution in [0.25, 0.3) is 0 Å². The van der Waals surface area contributed by atoms with Crippen molar-refractivity contribution in [1.82, 2.24) is 10.3 Å². The monoisotopic (exact) mass is 366 g/mol. The number of rotatable bonds is 7. The van der Waals surface area contributed by atoms with Crippen LogP contribution in [0.2, 0.25) is 0 Å². The molecule has 1 heterocycles. The third-order valence-electron chi connectivity index (χ3n) is 3.91. The second-order valence-electron chi connectivity index (χ2n) is 5.81. The van der Waals surface area contributed by atoms with Gasteiger partial charge in [0.15, 0.2) is 11.5 Å². The molecule has 0 bridgehead atoms. The number of pyridine rings is 1. The first-order valence-electron chi connectivity index (χ1n) is 8.30. The van der Waals surface area contributed by atoms with Gasteiger partial charge in [0.05, 0.1) is 32.1 Å². The molecule has 0 spiro atoms. The first kappa shape index (κ1) is 19.8. The van der Waals surface area contributed by atoms with Gasteiger partial charge in [0.2, 0.25) is 0 Å². The molecule has 0 radical (unpaired) electrons. The average molecular weight is 366 g/mol. The number of amides is 1. The summed E-state index contributed by atoms with van der Waals surface area (Å²) in [5, 5.41) is 15.0. The molecule has 0 saturated carbocycles. The lowest BCUT2D eigenvalue weighted by atomic mass is 10.1. The zero-order chi connectivity index (χ0) is 19.8. The van der Waals surface area contributed by atoms with E-state index in [4.69, 9.17) is 9.47 Å². The fraction of sp³-hybridized carbons (Fsp3) is 0.250. The lowest BCUT2D eigenvalue weighted by Gasteiger charge is -2.16. The summed E-state index contributed by atoms with van der Waals surface area (Å²) in [5.74, 6) is 0.696. The van der Waals surface area contributed by atoms with Crippen LogP contribution >= 0.6 is 0 Å². The highest BCUT2D eigenvalue weighted by atomic mass is 16.5. The summed E-state index contributed by atoms with van der Waals surface area (Å²) in [6.45, 7) is 3.70. The number of ether oxygens (including phenoxy) is 2. The first-order valence-corrected chi connectivity index (χ1v) is 8.30. The van der Waals surface area contributed by atoms with Gasteiger partial charge >= 0.3 is 0 Å². The Hall–Kier alpha value is -3.53. The number of aromatic nitrogens is 1. The number of aryl methyl sites for hydroxylation is 1. The van der Waals surface area contributed by atoms with Gasteiger partial charge < -0.3 is 20.1 Å². The van der Waals surface area contributed by atoms with Crippen molar-refractivity contribution in [3.8, 4) is 17.6 Å². The quantitative estimate of drug-likeness (QED) is 0.577. The van der Waals surface area contributed by atoms with Gasteiger partial charge in [0.1, 0.15) is 11.6 Å². The number of nitrogens with one attached hydrogen (secondary N) is 2. The minimum absolute atomic E-state index is 0.0390. The summed E-state index contributed by atoms with van der Waals surface area (Å²) in [6, 6.07) is 10.6. The van der Waals surface area contributed by atoms with E-state index in [2.05, 4.69) is 15.6 Å².